The van der Waals surface area contributed by atoms with Crippen molar-refractivity contribution in [1.29, 1.82) is 5.26 Å². The van der Waals surface area contributed by atoms with Crippen molar-refractivity contribution in [3.8, 4) is 6.07 Å². The molecule has 5 heteroatoms. The SMILES string of the molecule is Cn1ncc(C(=O)N(CCc2ccccc2)c2ccccc2)c1C#N. The molecule has 0 spiro atoms. The molecular formula is C20H18N4O. The molecule has 1 amide bonds. The van der Waals surface area contributed by atoms with Crippen molar-refractivity contribution in [2.75, 3.05) is 11.4 Å². The minimum Gasteiger partial charge on any atom is -0.308 e. The number of hydrogen-bond acceptors (Lipinski definition) is 3. The fourth-order valence-corrected chi connectivity index (χ4v) is 2.71. The van der Waals surface area contributed by atoms with Crippen LogP contribution in [-0.2, 0) is 13.5 Å². The van der Waals surface area contributed by atoms with Crippen LogP contribution >= 0.6 is 0 Å². The molecule has 1 heterocycles. The number of nitrogens with zero attached hydrogens (tertiary/aromatic N) is 4. The summed E-state index contributed by atoms with van der Waals surface area (Å²) >= 11 is 0. The van der Waals surface area contributed by atoms with Gasteiger partial charge in [-0.1, -0.05) is 48.5 Å². The highest BCUT2D eigenvalue weighted by molar-refractivity contribution is 6.07. The first-order valence-corrected chi connectivity index (χ1v) is 8.03. The topological polar surface area (TPSA) is 61.9 Å². The van der Waals surface area contributed by atoms with Gasteiger partial charge in [-0.2, -0.15) is 10.4 Å². The van der Waals surface area contributed by atoms with Gasteiger partial charge in [0.25, 0.3) is 5.91 Å². The molecule has 25 heavy (non-hydrogen) atoms. The standard InChI is InChI=1S/C20H18N4O/c1-23-19(14-21)18(15-22-23)20(25)24(17-10-6-3-7-11-17)13-12-16-8-4-2-5-9-16/h2-11,15H,12-13H2,1H3. The first kappa shape index (κ1) is 16.5. The Balaban J connectivity index is 1.91. The number of amides is 1. The number of rotatable bonds is 5. The zero-order valence-electron chi connectivity index (χ0n) is 14.0. The Bertz CT molecular complexity index is 894. The number of aromatic nitrogens is 2. The number of nitriles is 1. The van der Waals surface area contributed by atoms with Gasteiger partial charge in [-0.05, 0) is 24.1 Å². The van der Waals surface area contributed by atoms with Crippen LogP contribution in [-0.4, -0.2) is 22.2 Å². The van der Waals surface area contributed by atoms with E-state index in [1.165, 1.54) is 10.9 Å². The third-order valence-corrected chi connectivity index (χ3v) is 4.06. The Hall–Kier alpha value is -3.39. The van der Waals surface area contributed by atoms with Gasteiger partial charge in [0, 0.05) is 19.3 Å². The zero-order valence-corrected chi connectivity index (χ0v) is 14.0. The van der Waals surface area contributed by atoms with E-state index in [1.807, 2.05) is 60.7 Å². The number of hydrogen-bond donors (Lipinski definition) is 0. The van der Waals surface area contributed by atoms with Crippen LogP contribution in [0.2, 0.25) is 0 Å². The molecule has 0 radical (unpaired) electrons. The lowest BCUT2D eigenvalue weighted by Gasteiger charge is -2.22. The summed E-state index contributed by atoms with van der Waals surface area (Å²) in [5.41, 5.74) is 2.55. The molecule has 0 N–H and O–H groups in total. The summed E-state index contributed by atoms with van der Waals surface area (Å²) < 4.78 is 1.42. The Morgan fingerprint density at radius 2 is 1.76 bits per heavy atom. The minimum absolute atomic E-state index is 0.216. The predicted molar refractivity (Wildman–Crippen MR) is 96.2 cm³/mol. The molecule has 0 aliphatic heterocycles. The molecule has 0 saturated carbocycles. The van der Waals surface area contributed by atoms with Crippen molar-refractivity contribution < 1.29 is 4.79 Å². The molecule has 0 bridgehead atoms. The molecule has 0 aliphatic carbocycles. The second-order valence-corrected chi connectivity index (χ2v) is 5.67. The molecule has 124 valence electrons. The summed E-state index contributed by atoms with van der Waals surface area (Å²) in [6, 6.07) is 21.6. The number of para-hydroxylation sites is 1. The van der Waals surface area contributed by atoms with E-state index >= 15 is 0 Å². The van der Waals surface area contributed by atoms with Gasteiger partial charge in [-0.15, -0.1) is 0 Å². The summed E-state index contributed by atoms with van der Waals surface area (Å²) in [7, 11) is 1.66. The van der Waals surface area contributed by atoms with Crippen molar-refractivity contribution in [2.24, 2.45) is 7.05 Å². The predicted octanol–water partition coefficient (Wildman–Crippen LogP) is 3.18. The number of aryl methyl sites for hydroxylation is 1. The summed E-state index contributed by atoms with van der Waals surface area (Å²) in [6.45, 7) is 0.520. The van der Waals surface area contributed by atoms with Crippen LogP contribution in [0.1, 0.15) is 21.6 Å². The Morgan fingerprint density at radius 1 is 1.12 bits per heavy atom. The van der Waals surface area contributed by atoms with Crippen LogP contribution in [0, 0.1) is 11.3 Å². The Labute approximate surface area is 146 Å². The quantitative estimate of drug-likeness (QED) is 0.722. The van der Waals surface area contributed by atoms with Crippen molar-refractivity contribution >= 4 is 11.6 Å². The highest BCUT2D eigenvalue weighted by atomic mass is 16.2. The number of carbonyl (C=O) groups excluding carboxylic acids is 1. The summed E-state index contributed by atoms with van der Waals surface area (Å²) in [5.74, 6) is -0.216. The summed E-state index contributed by atoms with van der Waals surface area (Å²) in [6.07, 6.45) is 2.18. The molecule has 0 fully saturated rings. The van der Waals surface area contributed by atoms with Crippen molar-refractivity contribution in [2.45, 2.75) is 6.42 Å². The van der Waals surface area contributed by atoms with E-state index in [2.05, 4.69) is 11.2 Å². The monoisotopic (exact) mass is 330 g/mol. The molecule has 0 aliphatic rings. The average Bonchev–Trinajstić information content (AvgIpc) is 3.04. The number of benzene rings is 2. The van der Waals surface area contributed by atoms with E-state index < -0.39 is 0 Å². The summed E-state index contributed by atoms with van der Waals surface area (Å²) in [5, 5.41) is 13.4. The lowest BCUT2D eigenvalue weighted by molar-refractivity contribution is 0.0987. The van der Waals surface area contributed by atoms with Gasteiger partial charge >= 0.3 is 0 Å². The van der Waals surface area contributed by atoms with Crippen molar-refractivity contribution in [1.82, 2.24) is 9.78 Å². The maximum absolute atomic E-state index is 13.1. The highest BCUT2D eigenvalue weighted by Gasteiger charge is 2.23. The highest BCUT2D eigenvalue weighted by Crippen LogP contribution is 2.19. The molecule has 3 rings (SSSR count). The van der Waals surface area contributed by atoms with E-state index in [1.54, 1.807) is 11.9 Å². The largest absolute Gasteiger partial charge is 0.308 e. The zero-order chi connectivity index (χ0) is 17.6. The fraction of sp³-hybridized carbons (Fsp3) is 0.150. The second kappa shape index (κ2) is 7.45. The van der Waals surface area contributed by atoms with Crippen molar-refractivity contribution in [3.63, 3.8) is 0 Å². The van der Waals surface area contributed by atoms with Crippen LogP contribution < -0.4 is 4.90 Å². The van der Waals surface area contributed by atoms with E-state index in [0.29, 0.717) is 12.1 Å². The van der Waals surface area contributed by atoms with Gasteiger partial charge in [0.2, 0.25) is 0 Å². The van der Waals surface area contributed by atoms with E-state index in [-0.39, 0.29) is 11.6 Å². The van der Waals surface area contributed by atoms with Crippen LogP contribution in [0.3, 0.4) is 0 Å². The van der Waals surface area contributed by atoms with E-state index in [9.17, 15) is 10.1 Å². The van der Waals surface area contributed by atoms with Gasteiger partial charge in [-0.3, -0.25) is 9.48 Å². The van der Waals surface area contributed by atoms with Gasteiger partial charge in [0.1, 0.15) is 6.07 Å². The van der Waals surface area contributed by atoms with Gasteiger partial charge in [0.05, 0.1) is 11.8 Å². The molecule has 1 aromatic heterocycles. The lowest BCUT2D eigenvalue weighted by Crippen LogP contribution is -2.33. The summed E-state index contributed by atoms with van der Waals surface area (Å²) in [4.78, 5) is 14.8. The molecule has 0 atom stereocenters. The average molecular weight is 330 g/mol. The fourth-order valence-electron chi connectivity index (χ4n) is 2.71. The van der Waals surface area contributed by atoms with E-state index in [0.717, 1.165) is 17.7 Å². The van der Waals surface area contributed by atoms with Gasteiger partial charge in [-0.25, -0.2) is 0 Å². The van der Waals surface area contributed by atoms with Crippen molar-refractivity contribution in [3.05, 3.63) is 83.7 Å². The molecule has 0 unspecified atom stereocenters. The molecule has 3 aromatic rings. The van der Waals surface area contributed by atoms with Gasteiger partial charge < -0.3 is 4.90 Å². The first-order valence-electron chi connectivity index (χ1n) is 8.03. The maximum Gasteiger partial charge on any atom is 0.262 e. The van der Waals surface area contributed by atoms with Crippen LogP contribution in [0.4, 0.5) is 5.69 Å². The van der Waals surface area contributed by atoms with Crippen LogP contribution in [0.5, 0.6) is 0 Å². The second-order valence-electron chi connectivity index (χ2n) is 5.67. The normalized spacial score (nSPS) is 10.2. The van der Waals surface area contributed by atoms with Crippen LogP contribution in [0.25, 0.3) is 0 Å². The number of carbonyl (C=O) groups is 1. The van der Waals surface area contributed by atoms with Gasteiger partial charge in [0.15, 0.2) is 5.69 Å². The Morgan fingerprint density at radius 3 is 2.40 bits per heavy atom. The number of anilines is 1. The molecule has 0 saturated heterocycles. The third kappa shape index (κ3) is 3.59. The molecule has 5 nitrogen and oxygen atoms in total. The van der Waals surface area contributed by atoms with Crippen LogP contribution in [0.15, 0.2) is 66.9 Å². The molecular weight excluding hydrogens is 312 g/mol. The Kier molecular flexibility index (Phi) is 4.91. The molecule has 2 aromatic carbocycles. The minimum atomic E-state index is -0.216. The first-order chi connectivity index (χ1) is 12.2. The third-order valence-electron chi connectivity index (χ3n) is 4.06. The smallest absolute Gasteiger partial charge is 0.262 e. The lowest BCUT2D eigenvalue weighted by atomic mass is 10.1. The van der Waals surface area contributed by atoms with E-state index in [4.69, 9.17) is 0 Å². The maximum atomic E-state index is 13.1.